The highest BCUT2D eigenvalue weighted by Crippen LogP contribution is 2.50. The summed E-state index contributed by atoms with van der Waals surface area (Å²) >= 11 is 0. The lowest BCUT2D eigenvalue weighted by atomic mass is 9.84. The average Bonchev–Trinajstić information content (AvgIpc) is 0.729. The highest BCUT2D eigenvalue weighted by Gasteiger charge is 2.23. The van der Waals surface area contributed by atoms with Gasteiger partial charge in [-0.1, -0.05) is 557 Å². The van der Waals surface area contributed by atoms with Crippen molar-refractivity contribution in [3.63, 3.8) is 0 Å². The van der Waals surface area contributed by atoms with Crippen LogP contribution in [0, 0.1) is 41.5 Å². The van der Waals surface area contributed by atoms with Crippen LogP contribution in [0.4, 0.5) is 0 Å². The molecule has 0 saturated carbocycles. The molecule has 0 aromatic heterocycles. The van der Waals surface area contributed by atoms with E-state index < -0.39 is 0 Å². The summed E-state index contributed by atoms with van der Waals surface area (Å²) in [6, 6.07) is 205. The van der Waals surface area contributed by atoms with E-state index in [0.29, 0.717) is 0 Å². The van der Waals surface area contributed by atoms with Crippen LogP contribution >= 0.6 is 0 Å². The second-order valence-corrected chi connectivity index (χ2v) is 39.3. The number of rotatable bonds is 10. The molecule has 0 aliphatic carbocycles. The zero-order valence-electron chi connectivity index (χ0n) is 85.3. The van der Waals surface area contributed by atoms with Crippen molar-refractivity contribution in [2.24, 2.45) is 0 Å². The molecular weight excluding hydrogens is 1800 g/mol. The SMILES string of the molecule is Cc1c2ccccc2c(-c2ccccc2)c2ccccc12.Cc1ccc(-c2c3ccccc3cc3ccccc23)cc1.Cc1cccc(-c2c3ccccc3cc3ccccc23)c1.Cc1cccc(-c2ccc3c(-c4ccccc4)c4ccccc4c(-c4ccccc4)c3c2)c1.Cc1ccccc1-c1c2ccccc2cc2ccccc12.Cc1ccccc1-c1ccc2c(-c3ccccc3)c3ccccc3c(-c3ccccc3)c2c1. The molecule has 28 aromatic carbocycles. The summed E-state index contributed by atoms with van der Waals surface area (Å²) in [6.07, 6.45) is 0. The van der Waals surface area contributed by atoms with Gasteiger partial charge in [-0.05, 0) is 329 Å². The fourth-order valence-corrected chi connectivity index (χ4v) is 22.7. The minimum absolute atomic E-state index is 1.25. The van der Waals surface area contributed by atoms with Gasteiger partial charge in [-0.15, -0.1) is 0 Å². The van der Waals surface area contributed by atoms with Gasteiger partial charge in [0.15, 0.2) is 0 Å². The third-order valence-electron chi connectivity index (χ3n) is 29.7. The van der Waals surface area contributed by atoms with Crippen molar-refractivity contribution in [2.75, 3.05) is 0 Å². The summed E-state index contributed by atoms with van der Waals surface area (Å²) in [4.78, 5) is 0. The number of aryl methyl sites for hydroxylation is 6. The topological polar surface area (TPSA) is 0 Å². The zero-order valence-corrected chi connectivity index (χ0v) is 85.3. The van der Waals surface area contributed by atoms with Crippen LogP contribution in [0.5, 0.6) is 0 Å². The van der Waals surface area contributed by atoms with Crippen LogP contribution < -0.4 is 0 Å². The van der Waals surface area contributed by atoms with E-state index in [4.69, 9.17) is 0 Å². The van der Waals surface area contributed by atoms with E-state index in [1.165, 1.54) is 274 Å². The molecule has 0 nitrogen and oxygen atoms in total. The van der Waals surface area contributed by atoms with E-state index in [1.807, 2.05) is 0 Å². The predicted molar refractivity (Wildman–Crippen MR) is 652 cm³/mol. The first-order chi connectivity index (χ1) is 74.0. The van der Waals surface area contributed by atoms with Gasteiger partial charge in [0.1, 0.15) is 0 Å². The Labute approximate surface area is 879 Å². The molecule has 0 saturated heterocycles. The first-order valence-corrected chi connectivity index (χ1v) is 52.2. The average molecular weight is 1910 g/mol. The standard InChI is InChI=1S/2C33H24.4C21H16/c1-23-12-8-9-17-27(23)26-20-21-30-31(22-26)33(25-15-6-3-7-16-25)29-19-11-10-18-28(29)32(30)24-13-4-2-5-14-24;1-23-11-10-16-26(21-23)27-19-20-30-31(22-27)33(25-14-6-3-7-15-25)29-18-9-8-17-28(29)32(30)24-12-4-2-5-13-24;1-15-8-2-5-11-18(15)21-19-12-6-3-9-16(19)14-17-10-4-7-13-20(17)21;1-15-7-6-10-18(13-15)21-19-11-4-2-8-16(19)14-17-9-3-5-12-20(17)21;1-15-10-12-16(13-11-15)21-19-8-4-2-6-17(19)14-18-7-3-5-9-20(18)21;1-15-17-11-5-7-13-19(17)21(16-9-3-2-4-10-16)20-14-8-6-12-18(15)20/h2*2-22H,1H3;4*2-14H,1H3. The Bertz CT molecular complexity index is 9630. The third-order valence-corrected chi connectivity index (χ3v) is 29.7. The summed E-state index contributed by atoms with van der Waals surface area (Å²) in [6.45, 7) is 13.0. The molecule has 0 spiro atoms. The summed E-state index contributed by atoms with van der Waals surface area (Å²) < 4.78 is 0. The number of hydrogen-bond donors (Lipinski definition) is 0. The van der Waals surface area contributed by atoms with E-state index in [0.717, 1.165) is 0 Å². The van der Waals surface area contributed by atoms with Crippen molar-refractivity contribution in [3.8, 4) is 111 Å². The normalized spacial score (nSPS) is 11.1. The minimum atomic E-state index is 1.25. The third kappa shape index (κ3) is 19.2. The van der Waals surface area contributed by atoms with E-state index in [9.17, 15) is 0 Å². The van der Waals surface area contributed by atoms with Gasteiger partial charge in [-0.3, -0.25) is 0 Å². The Kier molecular flexibility index (Phi) is 27.1. The van der Waals surface area contributed by atoms with Crippen LogP contribution in [0.15, 0.2) is 570 Å². The monoisotopic (exact) mass is 1910 g/mol. The van der Waals surface area contributed by atoms with Gasteiger partial charge >= 0.3 is 0 Å². The van der Waals surface area contributed by atoms with E-state index in [-0.39, 0.29) is 0 Å². The van der Waals surface area contributed by atoms with Gasteiger partial charge in [-0.25, -0.2) is 0 Å². The molecule has 0 amide bonds. The molecular formula is C150H112. The molecule has 150 heavy (non-hydrogen) atoms. The molecule has 712 valence electrons. The lowest BCUT2D eigenvalue weighted by molar-refractivity contribution is 1.46. The Balaban J connectivity index is 0.0000000999. The summed E-state index contributed by atoms with van der Waals surface area (Å²) in [5.74, 6) is 0. The molecule has 0 aliphatic heterocycles. The summed E-state index contributed by atoms with van der Waals surface area (Å²) in [7, 11) is 0. The van der Waals surface area contributed by atoms with Crippen LogP contribution in [0.25, 0.3) is 241 Å². The lowest BCUT2D eigenvalue weighted by Gasteiger charge is -2.19. The summed E-state index contributed by atoms with van der Waals surface area (Å²) in [5.41, 5.74) is 33.7. The van der Waals surface area contributed by atoms with Crippen LogP contribution in [-0.4, -0.2) is 0 Å². The van der Waals surface area contributed by atoms with Crippen molar-refractivity contribution in [3.05, 3.63) is 604 Å². The van der Waals surface area contributed by atoms with Crippen molar-refractivity contribution < 1.29 is 0 Å². The molecule has 0 heteroatoms. The zero-order chi connectivity index (χ0) is 101. The lowest BCUT2D eigenvalue weighted by Crippen LogP contribution is -1.92. The van der Waals surface area contributed by atoms with Gasteiger partial charge in [0.05, 0.1) is 0 Å². The first kappa shape index (κ1) is 94.8. The minimum Gasteiger partial charge on any atom is -0.0622 e. The molecule has 0 unspecified atom stereocenters. The maximum atomic E-state index is 2.39. The molecule has 0 atom stereocenters. The summed E-state index contributed by atoms with van der Waals surface area (Å²) in [5, 5.41) is 31.4. The molecule has 28 aromatic rings. The maximum absolute atomic E-state index is 2.39. The Morgan fingerprint density at radius 1 is 0.100 bits per heavy atom. The Morgan fingerprint density at radius 2 is 0.313 bits per heavy atom. The van der Waals surface area contributed by atoms with Crippen LogP contribution in [0.2, 0.25) is 0 Å². The Hall–Kier alpha value is -18.7. The van der Waals surface area contributed by atoms with E-state index >= 15 is 0 Å². The highest BCUT2D eigenvalue weighted by atomic mass is 14.3. The number of benzene rings is 28. The largest absolute Gasteiger partial charge is 0.0622 e. The van der Waals surface area contributed by atoms with Crippen LogP contribution in [0.3, 0.4) is 0 Å². The molecule has 0 fully saturated rings. The quantitative estimate of drug-likeness (QED) is 0.120. The van der Waals surface area contributed by atoms with Gasteiger partial charge in [0.25, 0.3) is 0 Å². The molecule has 0 radical (unpaired) electrons. The Morgan fingerprint density at radius 3 is 0.653 bits per heavy atom. The van der Waals surface area contributed by atoms with Gasteiger partial charge in [0.2, 0.25) is 0 Å². The smallest absolute Gasteiger partial charge is 0.00242 e. The predicted octanol–water partition coefficient (Wildman–Crippen LogP) is 42.5. The van der Waals surface area contributed by atoms with Crippen molar-refractivity contribution in [2.45, 2.75) is 41.5 Å². The van der Waals surface area contributed by atoms with Crippen LogP contribution in [-0.2, 0) is 0 Å². The molecule has 28 rings (SSSR count). The number of fused-ring (bicyclic) bond motifs is 12. The molecule has 0 bridgehead atoms. The van der Waals surface area contributed by atoms with E-state index in [1.54, 1.807) is 0 Å². The second-order valence-electron chi connectivity index (χ2n) is 39.3. The first-order valence-electron chi connectivity index (χ1n) is 52.2. The highest BCUT2D eigenvalue weighted by molar-refractivity contribution is 6.25. The molecule has 0 aliphatic rings. The van der Waals surface area contributed by atoms with Crippen LogP contribution in [0.1, 0.15) is 33.4 Å². The van der Waals surface area contributed by atoms with Gasteiger partial charge in [0, 0.05) is 0 Å². The van der Waals surface area contributed by atoms with Gasteiger partial charge in [-0.2, -0.15) is 0 Å². The fourth-order valence-electron chi connectivity index (χ4n) is 22.7. The van der Waals surface area contributed by atoms with Crippen molar-refractivity contribution >= 4 is 129 Å². The van der Waals surface area contributed by atoms with Crippen molar-refractivity contribution in [1.29, 1.82) is 0 Å². The molecule has 0 heterocycles. The van der Waals surface area contributed by atoms with E-state index in [2.05, 4.69) is 612 Å². The second kappa shape index (κ2) is 42.9. The fraction of sp³-hybridized carbons (Fsp3) is 0.0400. The molecule has 0 N–H and O–H groups in total. The van der Waals surface area contributed by atoms with Gasteiger partial charge < -0.3 is 0 Å². The van der Waals surface area contributed by atoms with Crippen molar-refractivity contribution in [1.82, 2.24) is 0 Å². The number of hydrogen-bond acceptors (Lipinski definition) is 0. The maximum Gasteiger partial charge on any atom is -0.00242 e.